The third kappa shape index (κ3) is 3.18. The van der Waals surface area contributed by atoms with Crippen molar-refractivity contribution in [1.29, 1.82) is 0 Å². The highest BCUT2D eigenvalue weighted by atomic mass is 14.7. The number of pyridine rings is 1. The van der Waals surface area contributed by atoms with Crippen LogP contribution in [0.4, 0.5) is 0 Å². The number of hydrogen-bond acceptors (Lipinski definition) is 1. The third-order valence-corrected chi connectivity index (χ3v) is 5.02. The van der Waals surface area contributed by atoms with Gasteiger partial charge in [0.15, 0.2) is 0 Å². The first-order chi connectivity index (χ1) is 10.1. The number of hydrogen-bond donors (Lipinski definition) is 0. The molecule has 0 unspecified atom stereocenters. The van der Waals surface area contributed by atoms with Crippen molar-refractivity contribution in [2.75, 3.05) is 0 Å². The summed E-state index contributed by atoms with van der Waals surface area (Å²) in [6.45, 7) is 6.95. The van der Waals surface area contributed by atoms with E-state index in [4.69, 9.17) is 0 Å². The van der Waals surface area contributed by atoms with Crippen molar-refractivity contribution in [1.82, 2.24) is 4.98 Å². The molecule has 1 aliphatic carbocycles. The Balaban J connectivity index is 1.86. The van der Waals surface area contributed by atoms with Gasteiger partial charge in [-0.05, 0) is 67.2 Å². The molecule has 0 atom stereocenters. The molecule has 0 bridgehead atoms. The van der Waals surface area contributed by atoms with Crippen molar-refractivity contribution in [3.63, 3.8) is 0 Å². The molecule has 0 spiro atoms. The smallest absolute Gasteiger partial charge is 0.0707 e. The lowest BCUT2D eigenvalue weighted by Crippen LogP contribution is -2.20. The van der Waals surface area contributed by atoms with Gasteiger partial charge in [0.25, 0.3) is 0 Å². The zero-order chi connectivity index (χ0) is 14.9. The van der Waals surface area contributed by atoms with Crippen molar-refractivity contribution >= 4 is 0 Å². The van der Waals surface area contributed by atoms with Crippen LogP contribution in [0.25, 0.3) is 11.3 Å². The lowest BCUT2D eigenvalue weighted by Gasteiger charge is -2.34. The first-order valence-corrected chi connectivity index (χ1v) is 8.07. The molecule has 2 aromatic rings. The molecule has 0 saturated heterocycles. The Kier molecular flexibility index (Phi) is 3.84. The van der Waals surface area contributed by atoms with Crippen molar-refractivity contribution in [2.45, 2.75) is 52.4 Å². The Morgan fingerprint density at radius 2 is 1.76 bits per heavy atom. The average Bonchev–Trinajstić information content (AvgIpc) is 2.48. The van der Waals surface area contributed by atoms with E-state index in [1.807, 2.05) is 6.20 Å². The van der Waals surface area contributed by atoms with Crippen LogP contribution >= 0.6 is 0 Å². The Hall–Kier alpha value is -1.63. The van der Waals surface area contributed by atoms with Crippen molar-refractivity contribution in [2.24, 2.45) is 5.41 Å². The summed E-state index contributed by atoms with van der Waals surface area (Å²) in [5.74, 6) is 0.712. The van der Waals surface area contributed by atoms with E-state index in [0.717, 1.165) is 5.69 Å². The maximum Gasteiger partial charge on any atom is 0.0707 e. The minimum atomic E-state index is 0.530. The van der Waals surface area contributed by atoms with E-state index in [-0.39, 0.29) is 0 Å². The summed E-state index contributed by atoms with van der Waals surface area (Å²) < 4.78 is 0. The van der Waals surface area contributed by atoms with Crippen LogP contribution in [0.15, 0.2) is 42.6 Å². The lowest BCUT2D eigenvalue weighted by molar-refractivity contribution is 0.224. The number of rotatable bonds is 2. The molecule has 0 amide bonds. The maximum absolute atomic E-state index is 4.59. The fourth-order valence-corrected chi connectivity index (χ4v) is 3.44. The van der Waals surface area contributed by atoms with E-state index in [1.165, 1.54) is 42.4 Å². The second-order valence-corrected chi connectivity index (χ2v) is 7.23. The van der Waals surface area contributed by atoms with Gasteiger partial charge in [-0.1, -0.05) is 38.1 Å². The first kappa shape index (κ1) is 14.3. The molecular formula is C20H25N. The van der Waals surface area contributed by atoms with Gasteiger partial charge >= 0.3 is 0 Å². The second-order valence-electron chi connectivity index (χ2n) is 7.23. The Morgan fingerprint density at radius 1 is 1.05 bits per heavy atom. The molecule has 0 aliphatic heterocycles. The summed E-state index contributed by atoms with van der Waals surface area (Å²) >= 11 is 0. The number of nitrogens with zero attached hydrogens (tertiary/aromatic N) is 1. The van der Waals surface area contributed by atoms with Crippen LogP contribution in [-0.2, 0) is 0 Å². The van der Waals surface area contributed by atoms with Crippen LogP contribution in [0, 0.1) is 12.3 Å². The van der Waals surface area contributed by atoms with Crippen molar-refractivity contribution in [3.8, 4) is 11.3 Å². The predicted octanol–water partition coefficient (Wildman–Crippen LogP) is 5.74. The fourth-order valence-electron chi connectivity index (χ4n) is 3.44. The lowest BCUT2D eigenvalue weighted by atomic mass is 9.71. The standard InChI is InChI=1S/C20H25N/c1-15-6-4-5-7-18(15)19-14-17(10-13-21-19)16-8-11-20(2,3)12-9-16/h4-7,10,13-14,16H,8-9,11-12H2,1-3H3. The highest BCUT2D eigenvalue weighted by Gasteiger charge is 2.27. The van der Waals surface area contributed by atoms with Crippen molar-refractivity contribution < 1.29 is 0 Å². The summed E-state index contributed by atoms with van der Waals surface area (Å²) in [7, 11) is 0. The largest absolute Gasteiger partial charge is 0.256 e. The molecule has 110 valence electrons. The molecule has 0 radical (unpaired) electrons. The highest BCUT2D eigenvalue weighted by molar-refractivity contribution is 5.63. The molecular weight excluding hydrogens is 254 g/mol. The monoisotopic (exact) mass is 279 g/mol. The molecule has 1 heteroatoms. The van der Waals surface area contributed by atoms with Gasteiger partial charge in [0, 0.05) is 11.8 Å². The van der Waals surface area contributed by atoms with Gasteiger partial charge in [0.1, 0.15) is 0 Å². The van der Waals surface area contributed by atoms with E-state index < -0.39 is 0 Å². The second kappa shape index (κ2) is 5.63. The Bertz CT molecular complexity index is 617. The SMILES string of the molecule is Cc1ccccc1-c1cc(C2CCC(C)(C)CC2)ccn1. The van der Waals surface area contributed by atoms with Gasteiger partial charge in [-0.25, -0.2) is 0 Å². The molecule has 1 nitrogen and oxygen atoms in total. The van der Waals surface area contributed by atoms with E-state index in [1.54, 1.807) is 0 Å². The molecule has 1 aromatic heterocycles. The Morgan fingerprint density at radius 3 is 2.48 bits per heavy atom. The zero-order valence-corrected chi connectivity index (χ0v) is 13.4. The fraction of sp³-hybridized carbons (Fsp3) is 0.450. The molecule has 1 saturated carbocycles. The number of aryl methyl sites for hydroxylation is 1. The van der Waals surface area contributed by atoms with E-state index in [0.29, 0.717) is 11.3 Å². The molecule has 1 aliphatic rings. The Labute approximate surface area is 128 Å². The average molecular weight is 279 g/mol. The summed E-state index contributed by atoms with van der Waals surface area (Å²) in [4.78, 5) is 4.59. The van der Waals surface area contributed by atoms with Crippen molar-refractivity contribution in [3.05, 3.63) is 53.7 Å². The van der Waals surface area contributed by atoms with Crippen LogP contribution in [0.5, 0.6) is 0 Å². The minimum absolute atomic E-state index is 0.530. The van der Waals surface area contributed by atoms with Crippen LogP contribution in [0.3, 0.4) is 0 Å². The summed E-state index contributed by atoms with van der Waals surface area (Å²) in [5, 5.41) is 0. The zero-order valence-electron chi connectivity index (χ0n) is 13.4. The quantitative estimate of drug-likeness (QED) is 0.683. The molecule has 21 heavy (non-hydrogen) atoms. The predicted molar refractivity (Wildman–Crippen MR) is 89.4 cm³/mol. The topological polar surface area (TPSA) is 12.9 Å². The maximum atomic E-state index is 4.59. The van der Waals surface area contributed by atoms with Crippen LogP contribution in [-0.4, -0.2) is 4.98 Å². The molecule has 1 fully saturated rings. The van der Waals surface area contributed by atoms with Gasteiger partial charge in [0.05, 0.1) is 5.69 Å². The van der Waals surface area contributed by atoms with Crippen LogP contribution < -0.4 is 0 Å². The minimum Gasteiger partial charge on any atom is -0.256 e. The molecule has 3 rings (SSSR count). The van der Waals surface area contributed by atoms with E-state index >= 15 is 0 Å². The summed E-state index contributed by atoms with van der Waals surface area (Å²) in [5.41, 5.74) is 5.68. The first-order valence-electron chi connectivity index (χ1n) is 8.07. The summed E-state index contributed by atoms with van der Waals surface area (Å²) in [6, 6.07) is 13.0. The van der Waals surface area contributed by atoms with E-state index in [9.17, 15) is 0 Å². The molecule has 0 N–H and O–H groups in total. The van der Waals surface area contributed by atoms with Gasteiger partial charge in [-0.2, -0.15) is 0 Å². The highest BCUT2D eigenvalue weighted by Crippen LogP contribution is 2.42. The molecule has 1 heterocycles. The van der Waals surface area contributed by atoms with E-state index in [2.05, 4.69) is 62.2 Å². The third-order valence-electron chi connectivity index (χ3n) is 5.02. The van der Waals surface area contributed by atoms with Crippen LogP contribution in [0.2, 0.25) is 0 Å². The van der Waals surface area contributed by atoms with Crippen LogP contribution in [0.1, 0.15) is 56.6 Å². The molecule has 1 aromatic carbocycles. The van der Waals surface area contributed by atoms with Gasteiger partial charge < -0.3 is 0 Å². The number of benzene rings is 1. The number of aromatic nitrogens is 1. The normalized spacial score (nSPS) is 18.6. The van der Waals surface area contributed by atoms with Gasteiger partial charge in [-0.3, -0.25) is 4.98 Å². The van der Waals surface area contributed by atoms with Gasteiger partial charge in [0.2, 0.25) is 0 Å². The van der Waals surface area contributed by atoms with Gasteiger partial charge in [-0.15, -0.1) is 0 Å². The summed E-state index contributed by atoms with van der Waals surface area (Å²) in [6.07, 6.45) is 7.27.